The molecule has 1 atom stereocenters. The fourth-order valence-corrected chi connectivity index (χ4v) is 1.77. The zero-order valence-electron chi connectivity index (χ0n) is 7.95. The summed E-state index contributed by atoms with van der Waals surface area (Å²) in [6, 6.07) is 5.28. The van der Waals surface area contributed by atoms with Crippen LogP contribution in [0.25, 0.3) is 0 Å². The van der Waals surface area contributed by atoms with Gasteiger partial charge in [0.2, 0.25) is 5.91 Å². The molecule has 76 valence electrons. The molecule has 4 nitrogen and oxygen atoms in total. The molecular formula is C11H9NO3. The molecule has 3 rings (SSSR count). The van der Waals surface area contributed by atoms with Gasteiger partial charge in [-0.2, -0.15) is 0 Å². The molecule has 0 aliphatic carbocycles. The summed E-state index contributed by atoms with van der Waals surface area (Å²) in [4.78, 5) is 22.8. The Kier molecular flexibility index (Phi) is 1.67. The number of benzene rings is 1. The number of epoxide rings is 1. The number of fused-ring (bicyclic) bond motifs is 1. The molecule has 1 amide bonds. The first kappa shape index (κ1) is 8.61. The van der Waals surface area contributed by atoms with E-state index in [1.54, 1.807) is 18.2 Å². The minimum atomic E-state index is -0.256. The highest BCUT2D eigenvalue weighted by molar-refractivity contribution is 6.04. The minimum absolute atomic E-state index is 0.0112. The van der Waals surface area contributed by atoms with E-state index in [-0.39, 0.29) is 17.8 Å². The Bertz CT molecular complexity index is 463. The third-order valence-electron chi connectivity index (χ3n) is 2.64. The maximum absolute atomic E-state index is 11.7. The van der Waals surface area contributed by atoms with Crippen molar-refractivity contribution in [2.24, 2.45) is 0 Å². The van der Waals surface area contributed by atoms with Crippen LogP contribution in [0.4, 0.5) is 5.69 Å². The molecule has 2 aliphatic rings. The van der Waals surface area contributed by atoms with Crippen LogP contribution in [0.15, 0.2) is 18.2 Å². The van der Waals surface area contributed by atoms with Crippen molar-refractivity contribution < 1.29 is 14.3 Å². The average Bonchev–Trinajstić information content (AvgIpc) is 2.98. The zero-order valence-corrected chi connectivity index (χ0v) is 7.95. The summed E-state index contributed by atoms with van der Waals surface area (Å²) in [6.07, 6.45) is 0.107. The van der Waals surface area contributed by atoms with Gasteiger partial charge in [-0.15, -0.1) is 0 Å². The summed E-state index contributed by atoms with van der Waals surface area (Å²) in [7, 11) is 0. The van der Waals surface area contributed by atoms with Crippen molar-refractivity contribution in [2.45, 2.75) is 12.5 Å². The first-order valence-electron chi connectivity index (χ1n) is 4.82. The Morgan fingerprint density at radius 1 is 1.47 bits per heavy atom. The number of carbonyl (C=O) groups is 2. The van der Waals surface area contributed by atoms with Crippen LogP contribution in [0.1, 0.15) is 15.9 Å². The standard InChI is InChI=1S/C11H9NO3/c13-10-4-7-3-6(1-2-8(7)12-10)11(14)9-5-15-9/h1-3,9H,4-5H2,(H,12,13). The Morgan fingerprint density at radius 3 is 3.00 bits per heavy atom. The minimum Gasteiger partial charge on any atom is -0.364 e. The Morgan fingerprint density at radius 2 is 2.27 bits per heavy atom. The van der Waals surface area contributed by atoms with E-state index in [9.17, 15) is 9.59 Å². The number of ether oxygens (including phenoxy) is 1. The van der Waals surface area contributed by atoms with Crippen molar-refractivity contribution in [2.75, 3.05) is 11.9 Å². The molecule has 1 aromatic carbocycles. The number of amides is 1. The molecule has 1 N–H and O–H groups in total. The fraction of sp³-hybridized carbons (Fsp3) is 0.273. The largest absolute Gasteiger partial charge is 0.364 e. The van der Waals surface area contributed by atoms with Gasteiger partial charge in [-0.3, -0.25) is 9.59 Å². The third kappa shape index (κ3) is 1.43. The first-order chi connectivity index (χ1) is 7.24. The molecule has 2 aliphatic heterocycles. The highest BCUT2D eigenvalue weighted by Gasteiger charge is 2.32. The van der Waals surface area contributed by atoms with E-state index in [2.05, 4.69) is 5.32 Å². The lowest BCUT2D eigenvalue weighted by molar-refractivity contribution is -0.115. The van der Waals surface area contributed by atoms with Crippen LogP contribution in [0, 0.1) is 0 Å². The lowest BCUT2D eigenvalue weighted by Crippen LogP contribution is -2.07. The van der Waals surface area contributed by atoms with Crippen LogP contribution >= 0.6 is 0 Å². The van der Waals surface area contributed by atoms with Gasteiger partial charge in [0.1, 0.15) is 6.10 Å². The summed E-state index contributed by atoms with van der Waals surface area (Å²) in [6.45, 7) is 0.521. The number of ketones is 1. The number of anilines is 1. The second kappa shape index (κ2) is 2.90. The van der Waals surface area contributed by atoms with Gasteiger partial charge >= 0.3 is 0 Å². The quantitative estimate of drug-likeness (QED) is 0.570. The van der Waals surface area contributed by atoms with Gasteiger partial charge in [0, 0.05) is 11.3 Å². The van der Waals surface area contributed by atoms with Crippen LogP contribution < -0.4 is 5.32 Å². The topological polar surface area (TPSA) is 58.7 Å². The molecule has 0 aromatic heterocycles. The summed E-state index contributed by atoms with van der Waals surface area (Å²) >= 11 is 0. The highest BCUT2D eigenvalue weighted by Crippen LogP contribution is 2.25. The normalized spacial score (nSPS) is 22.1. The third-order valence-corrected chi connectivity index (χ3v) is 2.64. The number of hydrogen-bond donors (Lipinski definition) is 1. The second-order valence-corrected chi connectivity index (χ2v) is 3.78. The maximum Gasteiger partial charge on any atom is 0.228 e. The maximum atomic E-state index is 11.7. The van der Waals surface area contributed by atoms with E-state index in [1.165, 1.54) is 0 Å². The molecule has 1 aromatic rings. The second-order valence-electron chi connectivity index (χ2n) is 3.78. The van der Waals surface area contributed by atoms with E-state index in [4.69, 9.17) is 4.74 Å². The summed E-state index contributed by atoms with van der Waals surface area (Å²) in [5.74, 6) is -0.00517. The monoisotopic (exact) mass is 203 g/mol. The molecule has 4 heteroatoms. The van der Waals surface area contributed by atoms with E-state index in [0.717, 1.165) is 11.3 Å². The average molecular weight is 203 g/mol. The number of rotatable bonds is 2. The zero-order chi connectivity index (χ0) is 10.4. The van der Waals surface area contributed by atoms with E-state index in [1.807, 2.05) is 0 Å². The van der Waals surface area contributed by atoms with Gasteiger partial charge in [-0.05, 0) is 23.8 Å². The smallest absolute Gasteiger partial charge is 0.228 e. The van der Waals surface area contributed by atoms with Crippen LogP contribution in [-0.2, 0) is 16.0 Å². The van der Waals surface area contributed by atoms with Crippen molar-refractivity contribution in [3.63, 3.8) is 0 Å². The predicted molar refractivity (Wildman–Crippen MR) is 52.8 cm³/mol. The van der Waals surface area contributed by atoms with Crippen molar-refractivity contribution in [1.29, 1.82) is 0 Å². The van der Waals surface area contributed by atoms with Crippen LogP contribution in [0.2, 0.25) is 0 Å². The van der Waals surface area contributed by atoms with Gasteiger partial charge in [0.25, 0.3) is 0 Å². The van der Waals surface area contributed by atoms with Crippen molar-refractivity contribution in [3.05, 3.63) is 29.3 Å². The summed E-state index contributed by atoms with van der Waals surface area (Å²) in [5, 5.41) is 2.73. The molecule has 0 saturated carbocycles. The first-order valence-corrected chi connectivity index (χ1v) is 4.82. The van der Waals surface area contributed by atoms with Gasteiger partial charge in [0.15, 0.2) is 5.78 Å². The number of Topliss-reactive ketones (excluding diaryl/α,β-unsaturated/α-hetero) is 1. The van der Waals surface area contributed by atoms with E-state index in [0.29, 0.717) is 18.6 Å². The molecule has 2 heterocycles. The van der Waals surface area contributed by atoms with Crippen LogP contribution in [0.3, 0.4) is 0 Å². The summed E-state index contributed by atoms with van der Waals surface area (Å²) < 4.78 is 4.93. The van der Waals surface area contributed by atoms with Gasteiger partial charge in [-0.25, -0.2) is 0 Å². The number of nitrogens with one attached hydrogen (secondary N) is 1. The fourth-order valence-electron chi connectivity index (χ4n) is 1.77. The molecule has 1 unspecified atom stereocenters. The Labute approximate surface area is 86.2 Å². The number of carbonyl (C=O) groups excluding carboxylic acids is 2. The molecule has 0 spiro atoms. The van der Waals surface area contributed by atoms with Crippen LogP contribution in [-0.4, -0.2) is 24.4 Å². The van der Waals surface area contributed by atoms with Gasteiger partial charge in [0.05, 0.1) is 13.0 Å². The van der Waals surface area contributed by atoms with Gasteiger partial charge in [-0.1, -0.05) is 0 Å². The number of hydrogen-bond acceptors (Lipinski definition) is 3. The molecule has 15 heavy (non-hydrogen) atoms. The Hall–Kier alpha value is -1.68. The van der Waals surface area contributed by atoms with Crippen molar-refractivity contribution >= 4 is 17.4 Å². The van der Waals surface area contributed by atoms with Gasteiger partial charge < -0.3 is 10.1 Å². The summed E-state index contributed by atoms with van der Waals surface area (Å²) in [5.41, 5.74) is 2.34. The Balaban J connectivity index is 1.95. The van der Waals surface area contributed by atoms with E-state index < -0.39 is 0 Å². The molecule has 1 fully saturated rings. The lowest BCUT2D eigenvalue weighted by Gasteiger charge is -2.01. The SMILES string of the molecule is O=C1Cc2cc(C(=O)C3CO3)ccc2N1. The van der Waals surface area contributed by atoms with Crippen molar-refractivity contribution in [1.82, 2.24) is 0 Å². The molecule has 1 saturated heterocycles. The lowest BCUT2D eigenvalue weighted by atomic mass is 10.0. The molecular weight excluding hydrogens is 194 g/mol. The highest BCUT2D eigenvalue weighted by atomic mass is 16.6. The van der Waals surface area contributed by atoms with Crippen molar-refractivity contribution in [3.8, 4) is 0 Å². The molecule has 0 bridgehead atoms. The predicted octanol–water partition coefficient (Wildman–Crippen LogP) is 0.763. The van der Waals surface area contributed by atoms with E-state index >= 15 is 0 Å². The van der Waals surface area contributed by atoms with Crippen LogP contribution in [0.5, 0.6) is 0 Å². The molecule has 0 radical (unpaired) electrons.